The zero-order chi connectivity index (χ0) is 22.7. The van der Waals surface area contributed by atoms with Crippen molar-refractivity contribution in [1.82, 2.24) is 5.16 Å². The summed E-state index contributed by atoms with van der Waals surface area (Å²) in [4.78, 5) is 25.4. The first-order chi connectivity index (χ1) is 14.7. The van der Waals surface area contributed by atoms with E-state index in [1.54, 1.807) is 56.3 Å². The molecule has 1 aromatic heterocycles. The predicted octanol–water partition coefficient (Wildman–Crippen LogP) is 6.14. The highest BCUT2D eigenvalue weighted by molar-refractivity contribution is 6.31. The van der Waals surface area contributed by atoms with E-state index in [1.165, 1.54) is 4.90 Å². The van der Waals surface area contributed by atoms with Crippen LogP contribution in [0.1, 0.15) is 38.1 Å². The topological polar surface area (TPSA) is 95.7 Å². The molecule has 0 aliphatic heterocycles. The second-order valence-corrected chi connectivity index (χ2v) is 7.92. The average molecular weight is 442 g/mol. The Morgan fingerprint density at radius 3 is 2.32 bits per heavy atom. The molecule has 31 heavy (non-hydrogen) atoms. The highest BCUT2D eigenvalue weighted by Crippen LogP contribution is 2.39. The molecule has 3 aromatic rings. The summed E-state index contributed by atoms with van der Waals surface area (Å²) in [5, 5.41) is 17.3. The number of hydrogen-bond acceptors (Lipinski definition) is 4. The summed E-state index contributed by atoms with van der Waals surface area (Å²) < 4.78 is 5.51. The number of nitrogens with one attached hydrogen (secondary N) is 1. The van der Waals surface area contributed by atoms with Gasteiger partial charge in [-0.05, 0) is 49.7 Å². The standard InChI is InChI=1S/C23H24ClN3O4/c1-13(2)22(28)25-17-11-9-16(10-12-17)21-20(14(3)26-31-21)27(23(29)30)15(4)18-7-5-6-8-19(18)24/h5-13,15H,1-4H3,(H,25,28)(H,29,30). The van der Waals surface area contributed by atoms with Gasteiger partial charge in [-0.1, -0.05) is 48.8 Å². The van der Waals surface area contributed by atoms with E-state index in [0.717, 1.165) is 0 Å². The number of carbonyl (C=O) groups is 2. The normalized spacial score (nSPS) is 11.9. The van der Waals surface area contributed by atoms with Gasteiger partial charge in [-0.25, -0.2) is 4.79 Å². The van der Waals surface area contributed by atoms with E-state index < -0.39 is 12.1 Å². The van der Waals surface area contributed by atoms with Crippen molar-refractivity contribution < 1.29 is 19.2 Å². The smallest absolute Gasteiger partial charge is 0.412 e. The van der Waals surface area contributed by atoms with Crippen LogP contribution in [0.15, 0.2) is 53.1 Å². The number of hydrogen-bond donors (Lipinski definition) is 2. The van der Waals surface area contributed by atoms with E-state index in [1.807, 2.05) is 19.9 Å². The minimum absolute atomic E-state index is 0.0884. The summed E-state index contributed by atoms with van der Waals surface area (Å²) in [6.45, 7) is 7.08. The first kappa shape index (κ1) is 22.4. The fourth-order valence-corrected chi connectivity index (χ4v) is 3.53. The maximum Gasteiger partial charge on any atom is 0.412 e. The Morgan fingerprint density at radius 1 is 1.10 bits per heavy atom. The summed E-state index contributed by atoms with van der Waals surface area (Å²) in [6.07, 6.45) is -1.15. The molecule has 0 saturated carbocycles. The zero-order valence-electron chi connectivity index (χ0n) is 17.7. The van der Waals surface area contributed by atoms with Crippen LogP contribution in [0, 0.1) is 12.8 Å². The third-order valence-corrected chi connectivity index (χ3v) is 5.30. The quantitative estimate of drug-likeness (QED) is 0.478. The molecule has 0 aliphatic carbocycles. The third-order valence-electron chi connectivity index (χ3n) is 4.96. The van der Waals surface area contributed by atoms with Crippen molar-refractivity contribution in [2.45, 2.75) is 33.7 Å². The maximum absolute atomic E-state index is 12.3. The number of carbonyl (C=O) groups excluding carboxylic acids is 1. The van der Waals surface area contributed by atoms with Gasteiger partial charge in [0.05, 0.1) is 6.04 Å². The first-order valence-electron chi connectivity index (χ1n) is 9.84. The van der Waals surface area contributed by atoms with Crippen LogP contribution in [0.25, 0.3) is 11.3 Å². The summed E-state index contributed by atoms with van der Waals surface area (Å²) in [5.74, 6) is 0.0914. The molecule has 1 atom stereocenters. The molecule has 7 nitrogen and oxygen atoms in total. The lowest BCUT2D eigenvalue weighted by Gasteiger charge is -2.27. The molecule has 1 unspecified atom stereocenters. The van der Waals surface area contributed by atoms with Crippen molar-refractivity contribution in [3.05, 3.63) is 64.8 Å². The fourth-order valence-electron chi connectivity index (χ4n) is 3.24. The Bertz CT molecular complexity index is 1090. The minimum Gasteiger partial charge on any atom is -0.465 e. The number of rotatable bonds is 6. The van der Waals surface area contributed by atoms with Crippen LogP contribution in [0.4, 0.5) is 16.2 Å². The highest BCUT2D eigenvalue weighted by atomic mass is 35.5. The molecule has 8 heteroatoms. The molecule has 2 N–H and O–H groups in total. The van der Waals surface area contributed by atoms with Crippen LogP contribution in [0.3, 0.4) is 0 Å². The van der Waals surface area contributed by atoms with Crippen molar-refractivity contribution >= 4 is 35.0 Å². The lowest BCUT2D eigenvalue weighted by Crippen LogP contribution is -2.33. The lowest BCUT2D eigenvalue weighted by molar-refractivity contribution is -0.118. The van der Waals surface area contributed by atoms with E-state index in [-0.39, 0.29) is 11.8 Å². The Balaban J connectivity index is 2.00. The number of nitrogens with zero attached hydrogens (tertiary/aromatic N) is 2. The molecule has 162 valence electrons. The molecular formula is C23H24ClN3O4. The number of aryl methyl sites for hydroxylation is 1. The van der Waals surface area contributed by atoms with Gasteiger partial charge in [0.25, 0.3) is 0 Å². The Morgan fingerprint density at radius 2 is 1.74 bits per heavy atom. The predicted molar refractivity (Wildman–Crippen MR) is 121 cm³/mol. The van der Waals surface area contributed by atoms with E-state index in [9.17, 15) is 14.7 Å². The molecule has 1 heterocycles. The number of carboxylic acid groups (broad SMARTS) is 1. The average Bonchev–Trinajstić information content (AvgIpc) is 3.09. The van der Waals surface area contributed by atoms with Crippen LogP contribution in [-0.2, 0) is 4.79 Å². The summed E-state index contributed by atoms with van der Waals surface area (Å²) in [5.41, 5.74) is 2.73. The van der Waals surface area contributed by atoms with Gasteiger partial charge >= 0.3 is 6.09 Å². The van der Waals surface area contributed by atoms with Crippen molar-refractivity contribution in [1.29, 1.82) is 0 Å². The van der Waals surface area contributed by atoms with Crippen LogP contribution < -0.4 is 10.2 Å². The van der Waals surface area contributed by atoms with E-state index in [4.69, 9.17) is 16.1 Å². The van der Waals surface area contributed by atoms with Gasteiger partial charge in [-0.3, -0.25) is 9.69 Å². The molecule has 0 aliphatic rings. The van der Waals surface area contributed by atoms with E-state index in [2.05, 4.69) is 10.5 Å². The number of amides is 2. The zero-order valence-corrected chi connectivity index (χ0v) is 18.5. The molecule has 2 amide bonds. The van der Waals surface area contributed by atoms with Gasteiger partial charge < -0.3 is 14.9 Å². The Labute approximate surface area is 185 Å². The SMILES string of the molecule is Cc1noc(-c2ccc(NC(=O)C(C)C)cc2)c1N(C(=O)O)C(C)c1ccccc1Cl. The van der Waals surface area contributed by atoms with Crippen molar-refractivity contribution in [2.75, 3.05) is 10.2 Å². The third kappa shape index (κ3) is 4.72. The van der Waals surface area contributed by atoms with E-state index in [0.29, 0.717) is 39.0 Å². The number of anilines is 2. The molecule has 2 aromatic carbocycles. The molecule has 0 fully saturated rings. The van der Waals surface area contributed by atoms with E-state index >= 15 is 0 Å². The lowest BCUT2D eigenvalue weighted by atomic mass is 10.0. The second-order valence-electron chi connectivity index (χ2n) is 7.52. The molecule has 0 spiro atoms. The van der Waals surface area contributed by atoms with Gasteiger partial charge in [0.15, 0.2) is 5.76 Å². The summed E-state index contributed by atoms with van der Waals surface area (Å²) >= 11 is 6.31. The fraction of sp³-hybridized carbons (Fsp3) is 0.261. The van der Waals surface area contributed by atoms with Gasteiger partial charge in [0.1, 0.15) is 11.4 Å². The molecule has 0 radical (unpaired) electrons. The largest absolute Gasteiger partial charge is 0.465 e. The monoisotopic (exact) mass is 441 g/mol. The number of benzene rings is 2. The number of aromatic nitrogens is 1. The van der Waals surface area contributed by atoms with Crippen LogP contribution in [0.5, 0.6) is 0 Å². The molecule has 0 bridgehead atoms. The minimum atomic E-state index is -1.15. The Hall–Kier alpha value is -3.32. The molecular weight excluding hydrogens is 418 g/mol. The molecule has 3 rings (SSSR count). The van der Waals surface area contributed by atoms with Crippen molar-refractivity contribution in [2.24, 2.45) is 5.92 Å². The maximum atomic E-state index is 12.3. The number of halogens is 1. The van der Waals surface area contributed by atoms with Gasteiger partial charge in [0, 0.05) is 22.2 Å². The highest BCUT2D eigenvalue weighted by Gasteiger charge is 2.31. The van der Waals surface area contributed by atoms with Gasteiger partial charge in [-0.2, -0.15) is 0 Å². The summed E-state index contributed by atoms with van der Waals surface area (Å²) in [6, 6.07) is 13.5. The van der Waals surface area contributed by atoms with Gasteiger partial charge in [0.2, 0.25) is 5.91 Å². The van der Waals surface area contributed by atoms with Crippen LogP contribution in [-0.4, -0.2) is 22.3 Å². The van der Waals surface area contributed by atoms with Crippen LogP contribution in [0.2, 0.25) is 5.02 Å². The molecule has 0 saturated heterocycles. The van der Waals surface area contributed by atoms with Crippen molar-refractivity contribution in [3.8, 4) is 11.3 Å². The van der Waals surface area contributed by atoms with Crippen LogP contribution >= 0.6 is 11.6 Å². The van der Waals surface area contributed by atoms with Gasteiger partial charge in [-0.15, -0.1) is 0 Å². The summed E-state index contributed by atoms with van der Waals surface area (Å²) in [7, 11) is 0. The first-order valence-corrected chi connectivity index (χ1v) is 10.2. The second kappa shape index (κ2) is 9.22. The Kier molecular flexibility index (Phi) is 6.65. The van der Waals surface area contributed by atoms with Crippen molar-refractivity contribution in [3.63, 3.8) is 0 Å².